The van der Waals surface area contributed by atoms with Crippen molar-refractivity contribution in [1.82, 2.24) is 0 Å². The molecule has 4 heteroatoms. The van der Waals surface area contributed by atoms with Gasteiger partial charge in [0.05, 0.1) is 11.7 Å². The summed E-state index contributed by atoms with van der Waals surface area (Å²) in [5.41, 5.74) is 0. The molecule has 0 aromatic carbocycles. The van der Waals surface area contributed by atoms with Gasteiger partial charge in [-0.3, -0.25) is 10.2 Å². The second-order valence-corrected chi connectivity index (χ2v) is 4.38. The standard InChI is InChI=1S/C9H15NO2S/c1-3-12-9(11)7-4-6(2)5-13-8(7)10/h6-7,10H,3-5H2,1-2H3. The molecular weight excluding hydrogens is 186 g/mol. The molecule has 1 N–H and O–H groups in total. The fourth-order valence-electron chi connectivity index (χ4n) is 1.36. The zero-order valence-corrected chi connectivity index (χ0v) is 8.82. The number of thioether (sulfide) groups is 1. The summed E-state index contributed by atoms with van der Waals surface area (Å²) in [6, 6.07) is 0. The summed E-state index contributed by atoms with van der Waals surface area (Å²) < 4.78 is 4.91. The molecule has 2 atom stereocenters. The largest absolute Gasteiger partial charge is 0.465 e. The minimum absolute atomic E-state index is 0.230. The smallest absolute Gasteiger partial charge is 0.315 e. The van der Waals surface area contributed by atoms with E-state index in [-0.39, 0.29) is 11.9 Å². The third-order valence-corrected chi connectivity index (χ3v) is 3.38. The highest BCUT2D eigenvalue weighted by Gasteiger charge is 2.31. The van der Waals surface area contributed by atoms with E-state index in [2.05, 4.69) is 6.92 Å². The quantitative estimate of drug-likeness (QED) is 0.694. The molecule has 3 nitrogen and oxygen atoms in total. The van der Waals surface area contributed by atoms with Crippen molar-refractivity contribution in [3.8, 4) is 0 Å². The molecule has 1 fully saturated rings. The third-order valence-electron chi connectivity index (χ3n) is 2.05. The van der Waals surface area contributed by atoms with Crippen LogP contribution in [0.15, 0.2) is 0 Å². The lowest BCUT2D eigenvalue weighted by Gasteiger charge is -2.25. The van der Waals surface area contributed by atoms with Crippen molar-refractivity contribution in [2.45, 2.75) is 20.3 Å². The van der Waals surface area contributed by atoms with E-state index in [0.29, 0.717) is 17.6 Å². The van der Waals surface area contributed by atoms with Crippen molar-refractivity contribution in [2.75, 3.05) is 12.4 Å². The van der Waals surface area contributed by atoms with E-state index in [0.717, 1.165) is 12.2 Å². The van der Waals surface area contributed by atoms with E-state index in [1.165, 1.54) is 11.8 Å². The van der Waals surface area contributed by atoms with Crippen LogP contribution in [0.3, 0.4) is 0 Å². The number of rotatable bonds is 2. The predicted molar refractivity (Wildman–Crippen MR) is 54.1 cm³/mol. The second-order valence-electron chi connectivity index (χ2n) is 3.32. The first-order chi connectivity index (χ1) is 6.15. The van der Waals surface area contributed by atoms with E-state index < -0.39 is 0 Å². The number of ether oxygens (including phenoxy) is 1. The fourth-order valence-corrected chi connectivity index (χ4v) is 2.35. The van der Waals surface area contributed by atoms with Crippen LogP contribution in [0.2, 0.25) is 0 Å². The molecule has 0 radical (unpaired) electrons. The van der Waals surface area contributed by atoms with E-state index in [9.17, 15) is 4.79 Å². The second kappa shape index (κ2) is 4.65. The van der Waals surface area contributed by atoms with Crippen LogP contribution in [0.1, 0.15) is 20.3 Å². The molecule has 0 aromatic heterocycles. The van der Waals surface area contributed by atoms with Crippen molar-refractivity contribution in [3.05, 3.63) is 0 Å². The van der Waals surface area contributed by atoms with Gasteiger partial charge >= 0.3 is 5.97 Å². The number of hydrogen-bond acceptors (Lipinski definition) is 4. The van der Waals surface area contributed by atoms with Crippen molar-refractivity contribution in [2.24, 2.45) is 11.8 Å². The summed E-state index contributed by atoms with van der Waals surface area (Å²) >= 11 is 1.47. The van der Waals surface area contributed by atoms with E-state index in [1.807, 2.05) is 0 Å². The first kappa shape index (κ1) is 10.6. The Hall–Kier alpha value is -0.510. The highest BCUT2D eigenvalue weighted by atomic mass is 32.2. The third kappa shape index (κ3) is 2.72. The van der Waals surface area contributed by atoms with Crippen molar-refractivity contribution < 1.29 is 9.53 Å². The number of carbonyl (C=O) groups excluding carboxylic acids is 1. The van der Waals surface area contributed by atoms with Crippen LogP contribution in [0.5, 0.6) is 0 Å². The van der Waals surface area contributed by atoms with Crippen LogP contribution in [0.25, 0.3) is 0 Å². The highest BCUT2D eigenvalue weighted by molar-refractivity contribution is 8.14. The average Bonchev–Trinajstić information content (AvgIpc) is 2.09. The molecule has 1 saturated heterocycles. The zero-order chi connectivity index (χ0) is 9.84. The molecule has 0 amide bonds. The lowest BCUT2D eigenvalue weighted by atomic mass is 9.97. The molecule has 0 bridgehead atoms. The summed E-state index contributed by atoms with van der Waals surface area (Å²) in [5, 5.41) is 8.08. The van der Waals surface area contributed by atoms with Crippen LogP contribution < -0.4 is 0 Å². The summed E-state index contributed by atoms with van der Waals surface area (Å²) in [6.07, 6.45) is 0.769. The Morgan fingerprint density at radius 3 is 3.08 bits per heavy atom. The Bertz CT molecular complexity index is 218. The van der Waals surface area contributed by atoms with Crippen LogP contribution >= 0.6 is 11.8 Å². The first-order valence-corrected chi connectivity index (χ1v) is 5.51. The molecule has 0 spiro atoms. The number of hydrogen-bond donors (Lipinski definition) is 1. The summed E-state index contributed by atoms with van der Waals surface area (Å²) in [4.78, 5) is 11.4. The average molecular weight is 201 g/mol. The maximum atomic E-state index is 11.4. The number of nitrogens with one attached hydrogen (secondary N) is 1. The summed E-state index contributed by atoms with van der Waals surface area (Å²) in [6.45, 7) is 4.30. The van der Waals surface area contributed by atoms with E-state index in [1.54, 1.807) is 6.92 Å². The molecule has 1 rings (SSSR count). The minimum atomic E-state index is -0.298. The molecule has 1 aliphatic rings. The Balaban J connectivity index is 2.55. The van der Waals surface area contributed by atoms with Crippen LogP contribution in [0, 0.1) is 17.2 Å². The molecule has 13 heavy (non-hydrogen) atoms. The zero-order valence-electron chi connectivity index (χ0n) is 8.00. The van der Waals surface area contributed by atoms with E-state index in [4.69, 9.17) is 10.1 Å². The summed E-state index contributed by atoms with van der Waals surface area (Å²) in [5.74, 6) is 0.933. The summed E-state index contributed by atoms with van der Waals surface area (Å²) in [7, 11) is 0. The van der Waals surface area contributed by atoms with Gasteiger partial charge in [0.1, 0.15) is 5.92 Å². The maximum absolute atomic E-state index is 11.4. The van der Waals surface area contributed by atoms with Gasteiger partial charge in [0, 0.05) is 5.75 Å². The SMILES string of the molecule is CCOC(=O)C1CC(C)CSC1=N. The first-order valence-electron chi connectivity index (χ1n) is 4.53. The number of carbonyl (C=O) groups is 1. The normalized spacial score (nSPS) is 28.6. The lowest BCUT2D eigenvalue weighted by molar-refractivity contribution is -0.145. The Morgan fingerprint density at radius 2 is 2.46 bits per heavy atom. The molecule has 0 saturated carbocycles. The Labute approximate surface area is 82.7 Å². The Morgan fingerprint density at radius 1 is 1.77 bits per heavy atom. The molecule has 2 unspecified atom stereocenters. The van der Waals surface area contributed by atoms with Crippen LogP contribution in [-0.2, 0) is 9.53 Å². The predicted octanol–water partition coefficient (Wildman–Crippen LogP) is 1.92. The van der Waals surface area contributed by atoms with Crippen molar-refractivity contribution in [1.29, 1.82) is 5.41 Å². The Kier molecular flexibility index (Phi) is 3.78. The molecule has 0 aromatic rings. The van der Waals surface area contributed by atoms with E-state index >= 15 is 0 Å². The topological polar surface area (TPSA) is 50.2 Å². The van der Waals surface area contributed by atoms with Crippen molar-refractivity contribution >= 4 is 22.8 Å². The molecular formula is C9H15NO2S. The van der Waals surface area contributed by atoms with Gasteiger partial charge in [-0.15, -0.1) is 11.8 Å². The monoisotopic (exact) mass is 201 g/mol. The van der Waals surface area contributed by atoms with Gasteiger partial charge in [0.25, 0.3) is 0 Å². The minimum Gasteiger partial charge on any atom is -0.465 e. The number of esters is 1. The highest BCUT2D eigenvalue weighted by Crippen LogP contribution is 2.29. The van der Waals surface area contributed by atoms with Gasteiger partial charge in [-0.05, 0) is 19.3 Å². The molecule has 1 heterocycles. The van der Waals surface area contributed by atoms with Crippen LogP contribution in [-0.4, -0.2) is 23.4 Å². The van der Waals surface area contributed by atoms with Crippen molar-refractivity contribution in [3.63, 3.8) is 0 Å². The molecule has 74 valence electrons. The van der Waals surface area contributed by atoms with Gasteiger partial charge in [0.15, 0.2) is 0 Å². The van der Waals surface area contributed by atoms with Gasteiger partial charge in [-0.25, -0.2) is 0 Å². The van der Waals surface area contributed by atoms with Gasteiger partial charge < -0.3 is 4.74 Å². The lowest BCUT2D eigenvalue weighted by Crippen LogP contribution is -2.30. The maximum Gasteiger partial charge on any atom is 0.315 e. The van der Waals surface area contributed by atoms with Gasteiger partial charge in [0.2, 0.25) is 0 Å². The molecule has 0 aliphatic carbocycles. The molecule has 1 aliphatic heterocycles. The van der Waals surface area contributed by atoms with Crippen LogP contribution in [0.4, 0.5) is 0 Å². The van der Waals surface area contributed by atoms with Gasteiger partial charge in [-0.1, -0.05) is 6.92 Å². The van der Waals surface area contributed by atoms with Gasteiger partial charge in [-0.2, -0.15) is 0 Å². The fraction of sp³-hybridized carbons (Fsp3) is 0.778.